The van der Waals surface area contributed by atoms with Crippen LogP contribution in [0.4, 0.5) is 0 Å². The van der Waals surface area contributed by atoms with Gasteiger partial charge in [0.05, 0.1) is 29.9 Å². The average Bonchev–Trinajstić information content (AvgIpc) is 2.43. The fourth-order valence-corrected chi connectivity index (χ4v) is 2.87. The predicted molar refractivity (Wildman–Crippen MR) is 74.8 cm³/mol. The molecular formula is C13H16N2O5S. The number of ether oxygens (including phenoxy) is 1. The summed E-state index contributed by atoms with van der Waals surface area (Å²) in [6, 6.07) is 8.31. The molecule has 0 saturated heterocycles. The Kier molecular flexibility index (Phi) is 6.30. The second-order valence-electron chi connectivity index (χ2n) is 4.33. The molecule has 0 amide bonds. The lowest BCUT2D eigenvalue weighted by Gasteiger charge is -2.14. The summed E-state index contributed by atoms with van der Waals surface area (Å²) in [5.74, 6) is -1.42. The molecule has 0 spiro atoms. The van der Waals surface area contributed by atoms with Gasteiger partial charge in [-0.15, -0.1) is 0 Å². The third kappa shape index (κ3) is 5.91. The molecule has 0 saturated carbocycles. The molecule has 1 aromatic rings. The molecular weight excluding hydrogens is 296 g/mol. The Morgan fingerprint density at radius 3 is 2.71 bits per heavy atom. The highest BCUT2D eigenvalue weighted by atomic mass is 32.2. The number of carboxylic acid groups (broad SMARTS) is 1. The summed E-state index contributed by atoms with van der Waals surface area (Å²) in [5.41, 5.74) is 0.677. The number of hydrogen-bond donors (Lipinski definition) is 2. The Labute approximate surface area is 123 Å². The van der Waals surface area contributed by atoms with Gasteiger partial charge in [0.25, 0.3) is 0 Å². The first-order valence-electron chi connectivity index (χ1n) is 6.08. The van der Waals surface area contributed by atoms with Crippen LogP contribution in [0.3, 0.4) is 0 Å². The number of carbonyl (C=O) groups is 1. The minimum atomic E-state index is -3.68. The maximum absolute atomic E-state index is 12.0. The van der Waals surface area contributed by atoms with Crippen molar-refractivity contribution in [1.29, 1.82) is 5.26 Å². The zero-order valence-electron chi connectivity index (χ0n) is 11.4. The van der Waals surface area contributed by atoms with Crippen molar-refractivity contribution in [2.75, 3.05) is 13.7 Å². The van der Waals surface area contributed by atoms with Gasteiger partial charge in [-0.05, 0) is 11.6 Å². The molecule has 114 valence electrons. The smallest absolute Gasteiger partial charge is 0.306 e. The second-order valence-corrected chi connectivity index (χ2v) is 6.14. The number of nitriles is 1. The molecule has 0 aliphatic carbocycles. The van der Waals surface area contributed by atoms with Gasteiger partial charge in [0.2, 0.25) is 10.0 Å². The number of nitrogens with zero attached hydrogens (tertiary/aromatic N) is 1. The number of methoxy groups -OCH3 is 1. The number of nitrogens with one attached hydrogen (secondary N) is 1. The Hall–Kier alpha value is -1.95. The number of benzene rings is 1. The van der Waals surface area contributed by atoms with Gasteiger partial charge in [-0.1, -0.05) is 18.2 Å². The quantitative estimate of drug-likeness (QED) is 0.720. The summed E-state index contributed by atoms with van der Waals surface area (Å²) in [6.45, 7) is -0.139. The first kappa shape index (κ1) is 17.1. The van der Waals surface area contributed by atoms with Crippen LogP contribution in [0.15, 0.2) is 24.3 Å². The monoisotopic (exact) mass is 312 g/mol. The minimum Gasteiger partial charge on any atom is -0.481 e. The number of sulfonamides is 1. The third-order valence-electron chi connectivity index (χ3n) is 2.75. The molecule has 1 unspecified atom stereocenters. The lowest BCUT2D eigenvalue weighted by molar-refractivity contribution is -0.139. The number of carboxylic acids is 1. The molecule has 0 radical (unpaired) electrons. The second kappa shape index (κ2) is 7.73. The molecule has 8 heteroatoms. The zero-order valence-corrected chi connectivity index (χ0v) is 12.3. The van der Waals surface area contributed by atoms with Crippen molar-refractivity contribution in [3.63, 3.8) is 0 Å². The number of hydrogen-bond acceptors (Lipinski definition) is 5. The van der Waals surface area contributed by atoms with Gasteiger partial charge < -0.3 is 9.84 Å². The summed E-state index contributed by atoms with van der Waals surface area (Å²) in [4.78, 5) is 10.6. The molecule has 21 heavy (non-hydrogen) atoms. The summed E-state index contributed by atoms with van der Waals surface area (Å²) in [7, 11) is -2.37. The Morgan fingerprint density at radius 1 is 1.48 bits per heavy atom. The van der Waals surface area contributed by atoms with E-state index < -0.39 is 22.1 Å². The van der Waals surface area contributed by atoms with Gasteiger partial charge >= 0.3 is 5.97 Å². The van der Waals surface area contributed by atoms with Crippen LogP contribution in [0.5, 0.6) is 0 Å². The van der Waals surface area contributed by atoms with Crippen molar-refractivity contribution in [3.8, 4) is 6.07 Å². The molecule has 7 nitrogen and oxygen atoms in total. The van der Waals surface area contributed by atoms with Gasteiger partial charge in [0.15, 0.2) is 0 Å². The largest absolute Gasteiger partial charge is 0.481 e. The molecule has 0 heterocycles. The van der Waals surface area contributed by atoms with Crippen LogP contribution in [0.25, 0.3) is 0 Å². The van der Waals surface area contributed by atoms with E-state index in [1.165, 1.54) is 13.2 Å². The van der Waals surface area contributed by atoms with Crippen LogP contribution in [0, 0.1) is 11.3 Å². The maximum Gasteiger partial charge on any atom is 0.306 e. The zero-order chi connectivity index (χ0) is 15.9. The van der Waals surface area contributed by atoms with E-state index in [0.29, 0.717) is 5.56 Å². The first-order chi connectivity index (χ1) is 9.88. The molecule has 1 atom stereocenters. The van der Waals surface area contributed by atoms with E-state index >= 15 is 0 Å². The van der Waals surface area contributed by atoms with Crippen LogP contribution in [-0.4, -0.2) is 39.3 Å². The topological polar surface area (TPSA) is 116 Å². The van der Waals surface area contributed by atoms with Gasteiger partial charge in [-0.3, -0.25) is 4.79 Å². The van der Waals surface area contributed by atoms with Gasteiger partial charge in [0.1, 0.15) is 0 Å². The highest BCUT2D eigenvalue weighted by molar-refractivity contribution is 7.88. The van der Waals surface area contributed by atoms with E-state index in [0.717, 1.165) is 0 Å². The highest BCUT2D eigenvalue weighted by Crippen LogP contribution is 2.11. The van der Waals surface area contributed by atoms with Gasteiger partial charge in [-0.2, -0.15) is 5.26 Å². The van der Waals surface area contributed by atoms with Crippen LogP contribution < -0.4 is 4.72 Å². The molecule has 0 aliphatic heterocycles. The number of aliphatic carboxylic acids is 1. The lowest BCUT2D eigenvalue weighted by atomic mass is 10.1. The van der Waals surface area contributed by atoms with Crippen molar-refractivity contribution < 1.29 is 23.1 Å². The van der Waals surface area contributed by atoms with Gasteiger partial charge in [-0.25, -0.2) is 13.1 Å². The van der Waals surface area contributed by atoms with Crippen LogP contribution in [0.2, 0.25) is 0 Å². The molecule has 2 N–H and O–H groups in total. The average molecular weight is 312 g/mol. The fraction of sp³-hybridized carbons (Fsp3) is 0.385. The summed E-state index contributed by atoms with van der Waals surface area (Å²) >= 11 is 0. The summed E-state index contributed by atoms with van der Waals surface area (Å²) in [5, 5.41) is 17.6. The normalized spacial score (nSPS) is 12.6. The lowest BCUT2D eigenvalue weighted by Crippen LogP contribution is -2.35. The fourth-order valence-electron chi connectivity index (χ4n) is 1.66. The SMILES string of the molecule is COC(CNS(=O)(=O)Cc1ccccc1C#N)CC(=O)O. The van der Waals surface area contributed by atoms with Crippen LogP contribution in [-0.2, 0) is 25.3 Å². The Morgan fingerprint density at radius 2 is 2.14 bits per heavy atom. The molecule has 0 fully saturated rings. The third-order valence-corrected chi connectivity index (χ3v) is 4.05. The van der Waals surface area contributed by atoms with E-state index in [1.807, 2.05) is 6.07 Å². The van der Waals surface area contributed by atoms with Crippen LogP contribution in [0.1, 0.15) is 17.5 Å². The van der Waals surface area contributed by atoms with E-state index in [-0.39, 0.29) is 24.3 Å². The molecule has 1 aromatic carbocycles. The molecule has 0 bridgehead atoms. The molecule has 0 aromatic heterocycles. The van der Waals surface area contributed by atoms with Crippen LogP contribution >= 0.6 is 0 Å². The Bertz CT molecular complexity index is 636. The van der Waals surface area contributed by atoms with Gasteiger partial charge in [0, 0.05) is 13.7 Å². The van der Waals surface area contributed by atoms with E-state index in [1.54, 1.807) is 18.2 Å². The van der Waals surface area contributed by atoms with E-state index in [2.05, 4.69) is 4.72 Å². The highest BCUT2D eigenvalue weighted by Gasteiger charge is 2.18. The first-order valence-corrected chi connectivity index (χ1v) is 7.73. The van der Waals surface area contributed by atoms with Crippen molar-refractivity contribution in [2.24, 2.45) is 0 Å². The van der Waals surface area contributed by atoms with Crippen molar-refractivity contribution in [1.82, 2.24) is 4.72 Å². The molecule has 1 rings (SSSR count). The van der Waals surface area contributed by atoms with E-state index in [9.17, 15) is 13.2 Å². The van der Waals surface area contributed by atoms with Crippen molar-refractivity contribution in [3.05, 3.63) is 35.4 Å². The summed E-state index contributed by atoms with van der Waals surface area (Å²) in [6.07, 6.45) is -1.04. The van der Waals surface area contributed by atoms with Crippen molar-refractivity contribution in [2.45, 2.75) is 18.3 Å². The maximum atomic E-state index is 12.0. The Balaban J connectivity index is 2.70. The standard InChI is InChI=1S/C13H16N2O5S/c1-20-12(6-13(16)17)8-15-21(18,19)9-11-5-3-2-4-10(11)7-14/h2-5,12,15H,6,8-9H2,1H3,(H,16,17). The van der Waals surface area contributed by atoms with Crippen molar-refractivity contribution >= 4 is 16.0 Å². The minimum absolute atomic E-state index is 0.139. The predicted octanol–water partition coefficient (Wildman–Crippen LogP) is 0.467. The number of rotatable bonds is 8. The molecule has 0 aliphatic rings. The summed E-state index contributed by atoms with van der Waals surface area (Å²) < 4.78 is 31.1. The van der Waals surface area contributed by atoms with E-state index in [4.69, 9.17) is 15.1 Å².